The number of aromatic hydroxyl groups is 1. The molecule has 1 amide bonds. The maximum absolute atomic E-state index is 12.8. The summed E-state index contributed by atoms with van der Waals surface area (Å²) in [4.78, 5) is 19.1. The summed E-state index contributed by atoms with van der Waals surface area (Å²) < 4.78 is 1.56. The average Bonchev–Trinajstić information content (AvgIpc) is 2.96. The average molecular weight is 376 g/mol. The van der Waals surface area contributed by atoms with Gasteiger partial charge in [0.2, 0.25) is 11.8 Å². The summed E-state index contributed by atoms with van der Waals surface area (Å²) in [5.74, 6) is 0.825. The second-order valence-corrected chi connectivity index (χ2v) is 7.03. The smallest absolute Gasteiger partial charge is 0.228 e. The Morgan fingerprint density at radius 3 is 2.75 bits per heavy atom. The van der Waals surface area contributed by atoms with Crippen LogP contribution in [0.5, 0.6) is 5.88 Å². The van der Waals surface area contributed by atoms with Gasteiger partial charge in [-0.2, -0.15) is 5.10 Å². The van der Waals surface area contributed by atoms with E-state index in [1.54, 1.807) is 15.8 Å². The minimum Gasteiger partial charge on any atom is -0.493 e. The number of anilines is 1. The first-order chi connectivity index (χ1) is 13.7. The van der Waals surface area contributed by atoms with Crippen molar-refractivity contribution in [2.75, 3.05) is 11.4 Å². The molecule has 6 nitrogen and oxygen atoms in total. The van der Waals surface area contributed by atoms with Crippen LogP contribution in [0, 0.1) is 0 Å². The first-order valence-corrected chi connectivity index (χ1v) is 9.82. The van der Waals surface area contributed by atoms with Gasteiger partial charge in [0.15, 0.2) is 0 Å². The number of nitrogens with zero attached hydrogens (tertiary/aromatic N) is 4. The SMILES string of the molecule is CCCCCC(=O)N1CCc2c(nn(-c3ccccc3)c2O)-c2cccnc21. The number of carbonyl (C=O) groups is 1. The van der Waals surface area contributed by atoms with Gasteiger partial charge in [-0.25, -0.2) is 9.67 Å². The maximum Gasteiger partial charge on any atom is 0.228 e. The normalized spacial score (nSPS) is 13.0. The summed E-state index contributed by atoms with van der Waals surface area (Å²) in [6, 6.07) is 13.3. The molecule has 4 rings (SSSR count). The molecule has 6 heteroatoms. The van der Waals surface area contributed by atoms with Crippen LogP contribution in [-0.4, -0.2) is 32.3 Å². The number of hydrogen-bond acceptors (Lipinski definition) is 4. The van der Waals surface area contributed by atoms with E-state index in [4.69, 9.17) is 0 Å². The fourth-order valence-electron chi connectivity index (χ4n) is 3.67. The zero-order valence-electron chi connectivity index (χ0n) is 16.0. The minimum atomic E-state index is 0.0778. The summed E-state index contributed by atoms with van der Waals surface area (Å²) in [5.41, 5.74) is 3.02. The lowest BCUT2D eigenvalue weighted by Crippen LogP contribution is -2.33. The lowest BCUT2D eigenvalue weighted by atomic mass is 10.1. The molecule has 28 heavy (non-hydrogen) atoms. The van der Waals surface area contributed by atoms with Crippen molar-refractivity contribution in [1.29, 1.82) is 0 Å². The van der Waals surface area contributed by atoms with Gasteiger partial charge in [0, 0.05) is 30.3 Å². The predicted octanol–water partition coefficient (Wildman–Crippen LogP) is 4.11. The van der Waals surface area contributed by atoms with E-state index in [2.05, 4.69) is 17.0 Å². The Balaban J connectivity index is 1.75. The summed E-state index contributed by atoms with van der Waals surface area (Å²) in [6.45, 7) is 2.61. The molecule has 0 unspecified atom stereocenters. The fourth-order valence-corrected chi connectivity index (χ4v) is 3.67. The van der Waals surface area contributed by atoms with Crippen LogP contribution in [0.25, 0.3) is 16.9 Å². The number of rotatable bonds is 5. The molecule has 0 saturated heterocycles. The van der Waals surface area contributed by atoms with Crippen LogP contribution >= 0.6 is 0 Å². The standard InChI is InChI=1S/C22H24N4O2/c1-2-3-5-12-19(27)25-15-13-18-20(17-11-8-14-23-21(17)25)24-26(22(18)28)16-9-6-4-7-10-16/h4,6-11,14,28H,2-3,5,12-13,15H2,1H3. The van der Waals surface area contributed by atoms with Crippen LogP contribution in [0.2, 0.25) is 0 Å². The number of para-hydroxylation sites is 1. The van der Waals surface area contributed by atoms with Crippen molar-refractivity contribution in [1.82, 2.24) is 14.8 Å². The summed E-state index contributed by atoms with van der Waals surface area (Å²) in [6.07, 6.45) is 5.74. The van der Waals surface area contributed by atoms with E-state index in [9.17, 15) is 9.90 Å². The van der Waals surface area contributed by atoms with E-state index in [1.165, 1.54) is 0 Å². The van der Waals surface area contributed by atoms with Gasteiger partial charge in [0.25, 0.3) is 0 Å². The number of amides is 1. The van der Waals surface area contributed by atoms with Gasteiger partial charge in [0.1, 0.15) is 11.5 Å². The minimum absolute atomic E-state index is 0.0778. The van der Waals surface area contributed by atoms with Crippen LogP contribution in [0.4, 0.5) is 5.82 Å². The summed E-state index contributed by atoms with van der Waals surface area (Å²) in [5, 5.41) is 15.5. The van der Waals surface area contributed by atoms with E-state index in [1.807, 2.05) is 42.5 Å². The molecule has 0 saturated carbocycles. The van der Waals surface area contributed by atoms with Gasteiger partial charge in [-0.1, -0.05) is 38.0 Å². The van der Waals surface area contributed by atoms with E-state index in [0.29, 0.717) is 30.9 Å². The Hall–Kier alpha value is -3.15. The summed E-state index contributed by atoms with van der Waals surface area (Å²) in [7, 11) is 0. The molecule has 0 bridgehead atoms. The summed E-state index contributed by atoms with van der Waals surface area (Å²) >= 11 is 0. The number of unbranched alkanes of at least 4 members (excludes halogenated alkanes) is 2. The highest BCUT2D eigenvalue weighted by Gasteiger charge is 2.30. The fraction of sp³-hybridized carbons (Fsp3) is 0.318. The van der Waals surface area contributed by atoms with Crippen LogP contribution in [-0.2, 0) is 11.2 Å². The molecular formula is C22H24N4O2. The molecule has 1 N–H and O–H groups in total. The molecule has 2 aromatic heterocycles. The van der Waals surface area contributed by atoms with Crippen LogP contribution in [0.1, 0.15) is 38.2 Å². The van der Waals surface area contributed by atoms with Crippen molar-refractivity contribution >= 4 is 11.7 Å². The van der Waals surface area contributed by atoms with Crippen LogP contribution in [0.3, 0.4) is 0 Å². The van der Waals surface area contributed by atoms with Crippen molar-refractivity contribution in [3.63, 3.8) is 0 Å². The topological polar surface area (TPSA) is 71.2 Å². The van der Waals surface area contributed by atoms with E-state index >= 15 is 0 Å². The Morgan fingerprint density at radius 2 is 1.96 bits per heavy atom. The van der Waals surface area contributed by atoms with Crippen LogP contribution < -0.4 is 4.90 Å². The highest BCUT2D eigenvalue weighted by molar-refractivity contribution is 5.97. The molecule has 144 valence electrons. The van der Waals surface area contributed by atoms with E-state index in [0.717, 1.165) is 36.1 Å². The first-order valence-electron chi connectivity index (χ1n) is 9.82. The number of aromatic nitrogens is 3. The molecule has 1 aliphatic heterocycles. The highest BCUT2D eigenvalue weighted by Crippen LogP contribution is 2.39. The first kappa shape index (κ1) is 18.2. The third-order valence-corrected chi connectivity index (χ3v) is 5.14. The maximum atomic E-state index is 12.8. The molecule has 0 aliphatic carbocycles. The van der Waals surface area contributed by atoms with Gasteiger partial charge >= 0.3 is 0 Å². The quantitative estimate of drug-likeness (QED) is 0.680. The third kappa shape index (κ3) is 3.26. The number of carbonyl (C=O) groups excluding carboxylic acids is 1. The monoisotopic (exact) mass is 376 g/mol. The second-order valence-electron chi connectivity index (χ2n) is 7.03. The van der Waals surface area contributed by atoms with Gasteiger partial charge in [-0.05, 0) is 37.1 Å². The molecule has 3 aromatic rings. The molecule has 1 aromatic carbocycles. The number of fused-ring (bicyclic) bond motifs is 3. The largest absolute Gasteiger partial charge is 0.493 e. The Bertz CT molecular complexity index is 981. The number of benzene rings is 1. The lowest BCUT2D eigenvalue weighted by molar-refractivity contribution is -0.118. The molecule has 0 spiro atoms. The Kier molecular flexibility index (Phi) is 5.10. The number of hydrogen-bond donors (Lipinski definition) is 1. The van der Waals surface area contributed by atoms with Gasteiger partial charge in [0.05, 0.1) is 5.69 Å². The zero-order valence-corrected chi connectivity index (χ0v) is 16.0. The Morgan fingerprint density at radius 1 is 1.14 bits per heavy atom. The van der Waals surface area contributed by atoms with Crippen molar-refractivity contribution in [2.45, 2.75) is 39.0 Å². The third-order valence-electron chi connectivity index (χ3n) is 5.14. The van der Waals surface area contributed by atoms with E-state index in [-0.39, 0.29) is 11.8 Å². The van der Waals surface area contributed by atoms with Crippen molar-refractivity contribution in [3.8, 4) is 22.8 Å². The van der Waals surface area contributed by atoms with E-state index < -0.39 is 0 Å². The molecule has 3 heterocycles. The number of pyridine rings is 1. The molecule has 0 fully saturated rings. The van der Waals surface area contributed by atoms with Crippen LogP contribution in [0.15, 0.2) is 48.7 Å². The van der Waals surface area contributed by atoms with Gasteiger partial charge in [-0.3, -0.25) is 9.69 Å². The van der Waals surface area contributed by atoms with Crippen molar-refractivity contribution in [3.05, 3.63) is 54.2 Å². The lowest BCUT2D eigenvalue weighted by Gasteiger charge is -2.21. The van der Waals surface area contributed by atoms with Gasteiger partial charge < -0.3 is 5.11 Å². The molecule has 1 aliphatic rings. The van der Waals surface area contributed by atoms with Crippen molar-refractivity contribution in [2.24, 2.45) is 0 Å². The Labute approximate surface area is 164 Å². The molecule has 0 radical (unpaired) electrons. The predicted molar refractivity (Wildman–Crippen MR) is 109 cm³/mol. The zero-order chi connectivity index (χ0) is 19.5. The molecular weight excluding hydrogens is 352 g/mol. The van der Waals surface area contributed by atoms with Crippen molar-refractivity contribution < 1.29 is 9.90 Å². The van der Waals surface area contributed by atoms with Gasteiger partial charge in [-0.15, -0.1) is 0 Å². The second kappa shape index (κ2) is 7.84. The highest BCUT2D eigenvalue weighted by atomic mass is 16.3. The molecule has 0 atom stereocenters.